The summed E-state index contributed by atoms with van der Waals surface area (Å²) in [5, 5.41) is 13.5. The lowest BCUT2D eigenvalue weighted by molar-refractivity contribution is -0.384. The van der Waals surface area contributed by atoms with E-state index in [0.29, 0.717) is 23.0 Å². The summed E-state index contributed by atoms with van der Waals surface area (Å²) < 4.78 is 0. The third kappa shape index (κ3) is 3.60. The lowest BCUT2D eigenvalue weighted by Gasteiger charge is -2.15. The molecule has 0 radical (unpaired) electrons. The van der Waals surface area contributed by atoms with Crippen LogP contribution in [0.25, 0.3) is 0 Å². The molecule has 2 aromatic rings. The molecule has 120 valence electrons. The Labute approximate surface area is 133 Å². The molecule has 1 aromatic heterocycles. The Balaban J connectivity index is 2.30. The largest absolute Gasteiger partial charge is 0.347 e. The maximum Gasteiger partial charge on any atom is 0.270 e. The molecule has 0 fully saturated rings. The van der Waals surface area contributed by atoms with Crippen molar-refractivity contribution in [2.24, 2.45) is 0 Å². The number of amides is 1. The van der Waals surface area contributed by atoms with Gasteiger partial charge in [-0.25, -0.2) is 9.97 Å². The zero-order valence-electron chi connectivity index (χ0n) is 13.3. The Hall–Kier alpha value is -3.03. The number of hydrogen-bond donors (Lipinski definition) is 1. The van der Waals surface area contributed by atoms with Crippen LogP contribution in [0.4, 0.5) is 17.3 Å². The van der Waals surface area contributed by atoms with Crippen LogP contribution < -0.4 is 10.2 Å². The first-order valence-corrected chi connectivity index (χ1v) is 6.88. The van der Waals surface area contributed by atoms with Gasteiger partial charge in [-0.05, 0) is 19.9 Å². The van der Waals surface area contributed by atoms with Gasteiger partial charge in [-0.15, -0.1) is 0 Å². The molecular weight excluding hydrogens is 298 g/mol. The van der Waals surface area contributed by atoms with E-state index in [1.807, 2.05) is 14.1 Å². The third-order valence-electron chi connectivity index (χ3n) is 3.22. The van der Waals surface area contributed by atoms with Crippen LogP contribution in [0.1, 0.15) is 21.7 Å². The molecule has 1 heterocycles. The number of aryl methyl sites for hydroxylation is 2. The van der Waals surface area contributed by atoms with Gasteiger partial charge in [0.05, 0.1) is 22.0 Å². The van der Waals surface area contributed by atoms with Crippen LogP contribution >= 0.6 is 0 Å². The molecular formula is C15H17N5O3. The predicted molar refractivity (Wildman–Crippen MR) is 86.9 cm³/mol. The van der Waals surface area contributed by atoms with Gasteiger partial charge in [-0.3, -0.25) is 14.9 Å². The fourth-order valence-electron chi connectivity index (χ4n) is 2.03. The number of carbonyl (C=O) groups is 1. The van der Waals surface area contributed by atoms with Crippen LogP contribution in [-0.4, -0.2) is 34.9 Å². The normalized spacial score (nSPS) is 10.3. The second kappa shape index (κ2) is 6.39. The minimum absolute atomic E-state index is 0.134. The molecule has 0 saturated carbocycles. The number of anilines is 2. The third-order valence-corrected chi connectivity index (χ3v) is 3.22. The zero-order valence-corrected chi connectivity index (χ0v) is 13.3. The average molecular weight is 315 g/mol. The van der Waals surface area contributed by atoms with Crippen molar-refractivity contribution < 1.29 is 9.72 Å². The molecule has 8 nitrogen and oxygen atoms in total. The second-order valence-corrected chi connectivity index (χ2v) is 5.23. The van der Waals surface area contributed by atoms with Crippen molar-refractivity contribution in [2.45, 2.75) is 13.8 Å². The summed E-state index contributed by atoms with van der Waals surface area (Å²) in [5.74, 6) is 0.106. The van der Waals surface area contributed by atoms with E-state index in [9.17, 15) is 14.9 Å². The highest BCUT2D eigenvalue weighted by Gasteiger charge is 2.15. The number of hydrogen-bond acceptors (Lipinski definition) is 6. The van der Waals surface area contributed by atoms with Crippen LogP contribution in [0.2, 0.25) is 0 Å². The first kappa shape index (κ1) is 16.3. The van der Waals surface area contributed by atoms with Crippen LogP contribution in [0.5, 0.6) is 0 Å². The molecule has 0 aliphatic rings. The summed E-state index contributed by atoms with van der Waals surface area (Å²) in [6.45, 7) is 3.54. The standard InChI is InChI=1S/C15H17N5O3/c1-9-13(10(2)17-15(16-9)19(3)4)18-14(21)11-6-5-7-12(8-11)20(22)23/h5-8H,1-4H3,(H,18,21). The van der Waals surface area contributed by atoms with Gasteiger partial charge in [0.2, 0.25) is 5.95 Å². The Morgan fingerprint density at radius 1 is 1.22 bits per heavy atom. The Kier molecular flexibility index (Phi) is 4.54. The average Bonchev–Trinajstić information content (AvgIpc) is 2.50. The molecule has 1 N–H and O–H groups in total. The van der Waals surface area contributed by atoms with E-state index in [-0.39, 0.29) is 11.3 Å². The summed E-state index contributed by atoms with van der Waals surface area (Å²) in [5.41, 5.74) is 1.83. The van der Waals surface area contributed by atoms with Crippen molar-refractivity contribution >= 4 is 23.2 Å². The highest BCUT2D eigenvalue weighted by Crippen LogP contribution is 2.21. The van der Waals surface area contributed by atoms with E-state index >= 15 is 0 Å². The summed E-state index contributed by atoms with van der Waals surface area (Å²) in [7, 11) is 3.66. The van der Waals surface area contributed by atoms with Gasteiger partial charge in [0.1, 0.15) is 0 Å². The molecule has 1 amide bonds. The van der Waals surface area contributed by atoms with Crippen molar-refractivity contribution in [3.05, 3.63) is 51.3 Å². The van der Waals surface area contributed by atoms with Crippen LogP contribution in [-0.2, 0) is 0 Å². The summed E-state index contributed by atoms with van der Waals surface area (Å²) in [6.07, 6.45) is 0. The van der Waals surface area contributed by atoms with Gasteiger partial charge in [0, 0.05) is 31.8 Å². The highest BCUT2D eigenvalue weighted by atomic mass is 16.6. The molecule has 1 aromatic carbocycles. The highest BCUT2D eigenvalue weighted by molar-refractivity contribution is 6.05. The van der Waals surface area contributed by atoms with E-state index in [1.165, 1.54) is 24.3 Å². The fourth-order valence-corrected chi connectivity index (χ4v) is 2.03. The number of nitro benzene ring substituents is 1. The number of aromatic nitrogens is 2. The molecule has 2 rings (SSSR count). The van der Waals surface area contributed by atoms with E-state index in [1.54, 1.807) is 18.7 Å². The molecule has 0 aliphatic heterocycles. The van der Waals surface area contributed by atoms with Gasteiger partial charge in [0.15, 0.2) is 0 Å². The maximum absolute atomic E-state index is 12.3. The molecule has 23 heavy (non-hydrogen) atoms. The summed E-state index contributed by atoms with van der Waals surface area (Å²) in [4.78, 5) is 33.0. The van der Waals surface area contributed by atoms with Crippen molar-refractivity contribution in [3.63, 3.8) is 0 Å². The molecule has 0 aliphatic carbocycles. The van der Waals surface area contributed by atoms with E-state index in [2.05, 4.69) is 15.3 Å². The number of nitro groups is 1. The maximum atomic E-state index is 12.3. The van der Waals surface area contributed by atoms with Crippen LogP contribution in [0.3, 0.4) is 0 Å². The van der Waals surface area contributed by atoms with Gasteiger partial charge in [-0.2, -0.15) is 0 Å². The molecule has 8 heteroatoms. The Morgan fingerprint density at radius 3 is 2.35 bits per heavy atom. The Bertz CT molecular complexity index is 750. The van der Waals surface area contributed by atoms with Crippen molar-refractivity contribution in [1.29, 1.82) is 0 Å². The summed E-state index contributed by atoms with van der Waals surface area (Å²) >= 11 is 0. The monoisotopic (exact) mass is 315 g/mol. The molecule has 0 spiro atoms. The van der Waals surface area contributed by atoms with Gasteiger partial charge >= 0.3 is 0 Å². The smallest absolute Gasteiger partial charge is 0.270 e. The minimum atomic E-state index is -0.539. The van der Waals surface area contributed by atoms with E-state index < -0.39 is 10.8 Å². The molecule has 0 saturated heterocycles. The van der Waals surface area contributed by atoms with Crippen molar-refractivity contribution in [3.8, 4) is 0 Å². The quantitative estimate of drug-likeness (QED) is 0.686. The second-order valence-electron chi connectivity index (χ2n) is 5.23. The number of non-ortho nitro benzene ring substituents is 1. The minimum Gasteiger partial charge on any atom is -0.347 e. The number of carbonyl (C=O) groups excluding carboxylic acids is 1. The van der Waals surface area contributed by atoms with Crippen molar-refractivity contribution in [2.75, 3.05) is 24.3 Å². The van der Waals surface area contributed by atoms with E-state index in [0.717, 1.165) is 0 Å². The summed E-state index contributed by atoms with van der Waals surface area (Å²) in [6, 6.07) is 5.55. The first-order chi connectivity index (χ1) is 10.8. The zero-order chi connectivity index (χ0) is 17.1. The van der Waals surface area contributed by atoms with E-state index in [4.69, 9.17) is 0 Å². The molecule has 0 atom stereocenters. The predicted octanol–water partition coefficient (Wildman–Crippen LogP) is 2.32. The topological polar surface area (TPSA) is 101 Å². The van der Waals surface area contributed by atoms with Gasteiger partial charge < -0.3 is 10.2 Å². The number of rotatable bonds is 4. The number of nitrogens with zero attached hydrogens (tertiary/aromatic N) is 4. The van der Waals surface area contributed by atoms with Crippen LogP contribution in [0.15, 0.2) is 24.3 Å². The van der Waals surface area contributed by atoms with Gasteiger partial charge in [-0.1, -0.05) is 6.07 Å². The molecule has 0 bridgehead atoms. The first-order valence-electron chi connectivity index (χ1n) is 6.88. The lowest BCUT2D eigenvalue weighted by Crippen LogP contribution is -2.18. The number of nitrogens with one attached hydrogen (secondary N) is 1. The fraction of sp³-hybridized carbons (Fsp3) is 0.267. The Morgan fingerprint density at radius 2 is 1.83 bits per heavy atom. The van der Waals surface area contributed by atoms with Crippen molar-refractivity contribution in [1.82, 2.24) is 9.97 Å². The van der Waals surface area contributed by atoms with Gasteiger partial charge in [0.25, 0.3) is 11.6 Å². The van der Waals surface area contributed by atoms with Crippen LogP contribution in [0, 0.1) is 24.0 Å². The lowest BCUT2D eigenvalue weighted by atomic mass is 10.2. The SMILES string of the molecule is Cc1nc(N(C)C)nc(C)c1NC(=O)c1cccc([N+](=O)[O-])c1. The number of benzene rings is 1. The molecule has 0 unspecified atom stereocenters.